The van der Waals surface area contributed by atoms with Crippen LogP contribution in [0.2, 0.25) is 18.1 Å². The van der Waals surface area contributed by atoms with Crippen LogP contribution < -0.4 is 0 Å². The molecule has 0 radical (unpaired) electrons. The van der Waals surface area contributed by atoms with Gasteiger partial charge >= 0.3 is 0 Å². The zero-order valence-corrected chi connectivity index (χ0v) is 18.2. The number of hydrogen-bond donors (Lipinski definition) is 0. The van der Waals surface area contributed by atoms with Crippen LogP contribution in [0.3, 0.4) is 0 Å². The summed E-state index contributed by atoms with van der Waals surface area (Å²) in [6.45, 7) is 11.7. The summed E-state index contributed by atoms with van der Waals surface area (Å²) in [7, 11) is -0.134. The number of methoxy groups -OCH3 is 1. The topological polar surface area (TPSA) is 44.8 Å². The van der Waals surface area contributed by atoms with Gasteiger partial charge in [0.1, 0.15) is 12.6 Å². The quantitative estimate of drug-likeness (QED) is 0.449. The Balaban J connectivity index is 2.46. The van der Waals surface area contributed by atoms with Crippen LogP contribution in [0.15, 0.2) is 0 Å². The molecule has 4 nitrogen and oxygen atoms in total. The molecule has 0 aromatic carbocycles. The van der Waals surface area contributed by atoms with E-state index >= 15 is 0 Å². The fourth-order valence-corrected chi connectivity index (χ4v) is 8.68. The lowest BCUT2D eigenvalue weighted by Crippen LogP contribution is -2.59. The van der Waals surface area contributed by atoms with Gasteiger partial charge in [0.05, 0.1) is 11.7 Å². The average molecular weight is 371 g/mol. The van der Waals surface area contributed by atoms with Crippen molar-refractivity contribution in [2.45, 2.75) is 96.6 Å². The third kappa shape index (κ3) is 3.62. The van der Waals surface area contributed by atoms with E-state index in [1.807, 2.05) is 0 Å². The second kappa shape index (κ2) is 8.20. The SMILES string of the molecule is CC[Si](CC)(CC)O[C@]12CC[C@@H](OCOC)[C@@]1(C)CC(=O)CC[C@@H]2C. The van der Waals surface area contributed by atoms with E-state index in [0.29, 0.717) is 24.5 Å². The molecule has 0 aromatic heterocycles. The van der Waals surface area contributed by atoms with E-state index in [1.54, 1.807) is 7.11 Å². The van der Waals surface area contributed by atoms with Crippen LogP contribution in [0.25, 0.3) is 0 Å². The molecule has 0 aromatic rings. The third-order valence-electron chi connectivity index (χ3n) is 7.39. The number of hydrogen-bond acceptors (Lipinski definition) is 4. The van der Waals surface area contributed by atoms with Crippen molar-refractivity contribution >= 4 is 14.1 Å². The first-order valence-electron chi connectivity index (χ1n) is 10.2. The van der Waals surface area contributed by atoms with Gasteiger partial charge in [-0.05, 0) is 43.3 Å². The van der Waals surface area contributed by atoms with Gasteiger partial charge in [-0.3, -0.25) is 4.79 Å². The van der Waals surface area contributed by atoms with Crippen LogP contribution in [-0.2, 0) is 18.7 Å². The van der Waals surface area contributed by atoms with E-state index in [2.05, 4.69) is 34.6 Å². The standard InChI is InChI=1S/C20H38O4Si/c1-7-25(8-2,9-3)24-20-13-12-18(23-15-22-6)19(20,5)14-17(21)11-10-16(20)4/h16,18H,7-15H2,1-6H3/t16-,18+,19+,20-/m0/s1. The second-order valence-electron chi connectivity index (χ2n) is 8.41. The summed E-state index contributed by atoms with van der Waals surface area (Å²) in [5, 5.41) is 0. The highest BCUT2D eigenvalue weighted by Crippen LogP contribution is 2.59. The van der Waals surface area contributed by atoms with Gasteiger partial charge in [-0.1, -0.05) is 34.6 Å². The number of ketones is 1. The lowest BCUT2D eigenvalue weighted by atomic mass is 9.67. The number of fused-ring (bicyclic) bond motifs is 1. The van der Waals surface area contributed by atoms with Gasteiger partial charge in [0, 0.05) is 25.4 Å². The second-order valence-corrected chi connectivity index (χ2v) is 13.1. The fraction of sp³-hybridized carbons (Fsp3) is 0.950. The summed E-state index contributed by atoms with van der Waals surface area (Å²) in [6.07, 6.45) is 4.19. The van der Waals surface area contributed by atoms with Crippen molar-refractivity contribution < 1.29 is 18.7 Å². The maximum absolute atomic E-state index is 12.6. The number of carbonyl (C=O) groups is 1. The number of ether oxygens (including phenoxy) is 2. The molecule has 2 aliphatic rings. The number of carbonyl (C=O) groups excluding carboxylic acids is 1. The summed E-state index contributed by atoms with van der Waals surface area (Å²) in [5.74, 6) is 0.751. The van der Waals surface area contributed by atoms with Crippen LogP contribution in [0.1, 0.15) is 66.7 Å². The summed E-state index contributed by atoms with van der Waals surface area (Å²) in [5.41, 5.74) is -0.484. The van der Waals surface area contributed by atoms with E-state index in [0.717, 1.165) is 37.4 Å². The third-order valence-corrected chi connectivity index (χ3v) is 12.1. The molecule has 0 aliphatic heterocycles. The highest BCUT2D eigenvalue weighted by molar-refractivity contribution is 6.73. The lowest BCUT2D eigenvalue weighted by molar-refractivity contribution is -0.159. The summed E-state index contributed by atoms with van der Waals surface area (Å²) < 4.78 is 18.5. The van der Waals surface area contributed by atoms with Gasteiger partial charge in [0.25, 0.3) is 0 Å². The molecule has 5 heteroatoms. The lowest BCUT2D eigenvalue weighted by Gasteiger charge is -2.52. The zero-order chi connectivity index (χ0) is 18.7. The molecular weight excluding hydrogens is 332 g/mol. The summed E-state index contributed by atoms with van der Waals surface area (Å²) >= 11 is 0. The maximum atomic E-state index is 12.6. The Morgan fingerprint density at radius 1 is 1.16 bits per heavy atom. The molecule has 0 unspecified atom stereocenters. The van der Waals surface area contributed by atoms with Crippen molar-refractivity contribution in [3.8, 4) is 0 Å². The van der Waals surface area contributed by atoms with Gasteiger partial charge < -0.3 is 13.9 Å². The van der Waals surface area contributed by atoms with E-state index in [4.69, 9.17) is 13.9 Å². The predicted octanol–water partition coefficient (Wildman–Crippen LogP) is 4.93. The average Bonchev–Trinajstić information content (AvgIpc) is 2.83. The van der Waals surface area contributed by atoms with Crippen molar-refractivity contribution in [3.05, 3.63) is 0 Å². The van der Waals surface area contributed by atoms with E-state index in [9.17, 15) is 4.79 Å². The smallest absolute Gasteiger partial charge is 0.192 e. The Morgan fingerprint density at radius 3 is 2.36 bits per heavy atom. The Bertz CT molecular complexity index is 456. The van der Waals surface area contributed by atoms with Gasteiger partial charge in [0.2, 0.25) is 0 Å². The van der Waals surface area contributed by atoms with Crippen molar-refractivity contribution in [1.82, 2.24) is 0 Å². The van der Waals surface area contributed by atoms with Crippen molar-refractivity contribution in [1.29, 1.82) is 0 Å². The molecule has 0 bridgehead atoms. The van der Waals surface area contributed by atoms with Crippen LogP contribution >= 0.6 is 0 Å². The molecule has 2 rings (SSSR count). The Kier molecular flexibility index (Phi) is 6.91. The van der Waals surface area contributed by atoms with Crippen LogP contribution in [0.5, 0.6) is 0 Å². The molecule has 0 saturated heterocycles. The highest BCUT2D eigenvalue weighted by atomic mass is 28.4. The molecule has 25 heavy (non-hydrogen) atoms. The molecule has 2 aliphatic carbocycles. The van der Waals surface area contributed by atoms with Gasteiger partial charge in [0.15, 0.2) is 8.32 Å². The molecule has 0 heterocycles. The van der Waals surface area contributed by atoms with E-state index in [1.165, 1.54) is 0 Å². The molecule has 4 atom stereocenters. The molecule has 0 amide bonds. The van der Waals surface area contributed by atoms with Crippen molar-refractivity contribution in [2.75, 3.05) is 13.9 Å². The first-order valence-corrected chi connectivity index (χ1v) is 12.7. The number of Topliss-reactive ketones (excluding diaryl/α,β-unsaturated/α-hetero) is 1. The molecule has 0 spiro atoms. The van der Waals surface area contributed by atoms with Gasteiger partial charge in [-0.15, -0.1) is 0 Å². The highest BCUT2D eigenvalue weighted by Gasteiger charge is 2.64. The monoisotopic (exact) mass is 370 g/mol. The summed E-state index contributed by atoms with van der Waals surface area (Å²) in [6, 6.07) is 3.42. The Hall–Kier alpha value is -0.233. The maximum Gasteiger partial charge on any atom is 0.192 e. The largest absolute Gasteiger partial charge is 0.410 e. The first kappa shape index (κ1) is 21.1. The molecule has 2 fully saturated rings. The molecule has 2 saturated carbocycles. The van der Waals surface area contributed by atoms with Gasteiger partial charge in [-0.2, -0.15) is 0 Å². The van der Waals surface area contributed by atoms with E-state index < -0.39 is 8.32 Å². The van der Waals surface area contributed by atoms with E-state index in [-0.39, 0.29) is 23.9 Å². The zero-order valence-electron chi connectivity index (χ0n) is 17.2. The Morgan fingerprint density at radius 2 is 1.80 bits per heavy atom. The minimum absolute atomic E-state index is 0.0363. The minimum Gasteiger partial charge on any atom is -0.410 e. The fourth-order valence-electron chi connectivity index (χ4n) is 5.44. The molecule has 0 N–H and O–H groups in total. The van der Waals surface area contributed by atoms with Crippen LogP contribution in [0.4, 0.5) is 0 Å². The normalized spacial score (nSPS) is 36.3. The molecule has 146 valence electrons. The van der Waals surface area contributed by atoms with Crippen molar-refractivity contribution in [3.63, 3.8) is 0 Å². The predicted molar refractivity (Wildman–Crippen MR) is 103 cm³/mol. The molecular formula is C20H38O4Si. The summed E-state index contributed by atoms with van der Waals surface area (Å²) in [4.78, 5) is 12.6. The minimum atomic E-state index is -1.79. The van der Waals surface area contributed by atoms with Gasteiger partial charge in [-0.25, -0.2) is 0 Å². The van der Waals surface area contributed by atoms with Crippen molar-refractivity contribution in [2.24, 2.45) is 11.3 Å². The van der Waals surface area contributed by atoms with Crippen LogP contribution in [0, 0.1) is 11.3 Å². The number of rotatable bonds is 8. The van der Waals surface area contributed by atoms with Crippen LogP contribution in [-0.4, -0.2) is 39.7 Å². The first-order chi connectivity index (χ1) is 11.8. The Labute approximate surface area is 155 Å².